The molecule has 1 aliphatic carbocycles. The number of nitrogens with two attached hydrogens (primary N) is 1. The highest BCUT2D eigenvalue weighted by Crippen LogP contribution is 2.42. The molecular formula is C13H15ClN2O2S. The highest BCUT2D eigenvalue weighted by Gasteiger charge is 2.46. The highest BCUT2D eigenvalue weighted by molar-refractivity contribution is 7.80. The molecule has 1 aromatic rings. The Labute approximate surface area is 122 Å². The first-order valence-electron chi connectivity index (χ1n) is 5.94. The van der Waals surface area contributed by atoms with Gasteiger partial charge in [-0.05, 0) is 25.0 Å². The average Bonchev–Trinajstić information content (AvgIpc) is 2.29. The molecule has 0 heterocycles. The average molecular weight is 299 g/mol. The summed E-state index contributed by atoms with van der Waals surface area (Å²) in [5.41, 5.74) is 5.62. The zero-order valence-corrected chi connectivity index (χ0v) is 12.1. The Bertz CT molecular complexity index is 529. The number of halogens is 1. The van der Waals surface area contributed by atoms with Gasteiger partial charge in [0.1, 0.15) is 5.75 Å². The standard InChI is InChI=1S/C13H15ClN2O2S/c1-18-10-7-8(3-4-9(10)14)16-12(17)13(11(15)19)5-2-6-13/h3-4,7H,2,5-6H2,1H3,(H2,15,19)(H,16,17). The number of hydrogen-bond acceptors (Lipinski definition) is 3. The van der Waals surface area contributed by atoms with Crippen LogP contribution in [0.2, 0.25) is 5.02 Å². The van der Waals surface area contributed by atoms with E-state index in [2.05, 4.69) is 5.32 Å². The predicted octanol–water partition coefficient (Wildman–Crippen LogP) is 2.74. The SMILES string of the molecule is COc1cc(NC(=O)C2(C(N)=S)CCC2)ccc1Cl. The normalized spacial score (nSPS) is 16.3. The van der Waals surface area contributed by atoms with E-state index in [0.29, 0.717) is 29.3 Å². The summed E-state index contributed by atoms with van der Waals surface area (Å²) in [4.78, 5) is 12.6. The van der Waals surface area contributed by atoms with Crippen molar-refractivity contribution in [3.63, 3.8) is 0 Å². The van der Waals surface area contributed by atoms with Gasteiger partial charge in [0.2, 0.25) is 5.91 Å². The van der Waals surface area contributed by atoms with Crippen molar-refractivity contribution >= 4 is 40.4 Å². The Morgan fingerprint density at radius 1 is 1.53 bits per heavy atom. The maximum atomic E-state index is 12.3. The second kappa shape index (κ2) is 5.35. The van der Waals surface area contributed by atoms with Crippen LogP contribution in [0, 0.1) is 5.41 Å². The van der Waals surface area contributed by atoms with Gasteiger partial charge in [0.25, 0.3) is 0 Å². The van der Waals surface area contributed by atoms with Crippen LogP contribution in [0.25, 0.3) is 0 Å². The second-order valence-corrected chi connectivity index (χ2v) is 5.45. The fraction of sp³-hybridized carbons (Fsp3) is 0.385. The minimum Gasteiger partial charge on any atom is -0.495 e. The number of ether oxygens (including phenoxy) is 1. The number of amides is 1. The van der Waals surface area contributed by atoms with Gasteiger partial charge in [0.15, 0.2) is 0 Å². The van der Waals surface area contributed by atoms with Gasteiger partial charge in [-0.2, -0.15) is 0 Å². The molecule has 1 aliphatic rings. The molecule has 1 fully saturated rings. The van der Waals surface area contributed by atoms with E-state index >= 15 is 0 Å². The summed E-state index contributed by atoms with van der Waals surface area (Å²) >= 11 is 10.9. The molecule has 0 aliphatic heterocycles. The second-order valence-electron chi connectivity index (χ2n) is 4.60. The van der Waals surface area contributed by atoms with Crippen molar-refractivity contribution in [3.8, 4) is 5.75 Å². The van der Waals surface area contributed by atoms with Crippen LogP contribution in [0.5, 0.6) is 5.75 Å². The van der Waals surface area contributed by atoms with Gasteiger partial charge in [-0.1, -0.05) is 30.2 Å². The van der Waals surface area contributed by atoms with Crippen LogP contribution in [-0.2, 0) is 4.79 Å². The topological polar surface area (TPSA) is 64.3 Å². The van der Waals surface area contributed by atoms with Crippen molar-refractivity contribution < 1.29 is 9.53 Å². The van der Waals surface area contributed by atoms with E-state index in [1.165, 1.54) is 7.11 Å². The maximum Gasteiger partial charge on any atom is 0.237 e. The van der Waals surface area contributed by atoms with Gasteiger partial charge in [-0.3, -0.25) is 4.79 Å². The first-order chi connectivity index (χ1) is 8.99. The molecular weight excluding hydrogens is 284 g/mol. The van der Waals surface area contributed by atoms with E-state index in [1.807, 2.05) is 0 Å². The van der Waals surface area contributed by atoms with Gasteiger partial charge in [0.05, 0.1) is 22.5 Å². The Balaban J connectivity index is 2.17. The Morgan fingerprint density at radius 2 is 2.21 bits per heavy atom. The van der Waals surface area contributed by atoms with Gasteiger partial charge in [0, 0.05) is 11.8 Å². The van der Waals surface area contributed by atoms with Crippen LogP contribution in [0.1, 0.15) is 19.3 Å². The fourth-order valence-corrected chi connectivity index (χ4v) is 2.60. The number of methoxy groups -OCH3 is 1. The monoisotopic (exact) mass is 298 g/mol. The van der Waals surface area contributed by atoms with Crippen LogP contribution in [-0.4, -0.2) is 18.0 Å². The van der Waals surface area contributed by atoms with Crippen LogP contribution in [0.3, 0.4) is 0 Å². The Hall–Kier alpha value is -1.33. The lowest BCUT2D eigenvalue weighted by Crippen LogP contribution is -2.50. The van der Waals surface area contributed by atoms with Crippen molar-refractivity contribution in [3.05, 3.63) is 23.2 Å². The third-order valence-corrected chi connectivity index (χ3v) is 4.23. The third kappa shape index (κ3) is 2.53. The summed E-state index contributed by atoms with van der Waals surface area (Å²) in [6.45, 7) is 0. The van der Waals surface area contributed by atoms with Crippen LogP contribution in [0.4, 0.5) is 5.69 Å². The number of carbonyl (C=O) groups is 1. The van der Waals surface area contributed by atoms with Gasteiger partial charge < -0.3 is 15.8 Å². The molecule has 3 N–H and O–H groups in total. The zero-order chi connectivity index (χ0) is 14.0. The summed E-state index contributed by atoms with van der Waals surface area (Å²) in [7, 11) is 1.52. The molecule has 1 saturated carbocycles. The molecule has 0 saturated heterocycles. The van der Waals surface area contributed by atoms with E-state index in [0.717, 1.165) is 6.42 Å². The third-order valence-electron chi connectivity index (χ3n) is 3.52. The lowest BCUT2D eigenvalue weighted by Gasteiger charge is -2.39. The van der Waals surface area contributed by atoms with E-state index in [-0.39, 0.29) is 10.9 Å². The number of rotatable bonds is 4. The molecule has 0 atom stereocenters. The lowest BCUT2D eigenvalue weighted by molar-refractivity contribution is -0.125. The molecule has 102 valence electrons. The predicted molar refractivity (Wildman–Crippen MR) is 79.7 cm³/mol. The van der Waals surface area contributed by atoms with Gasteiger partial charge in [-0.25, -0.2) is 0 Å². The quantitative estimate of drug-likeness (QED) is 0.839. The molecule has 4 nitrogen and oxygen atoms in total. The van der Waals surface area contributed by atoms with E-state index in [4.69, 9.17) is 34.3 Å². The number of nitrogens with one attached hydrogen (secondary N) is 1. The first-order valence-corrected chi connectivity index (χ1v) is 6.73. The van der Waals surface area contributed by atoms with Crippen molar-refractivity contribution in [1.82, 2.24) is 0 Å². The van der Waals surface area contributed by atoms with E-state index < -0.39 is 5.41 Å². The van der Waals surface area contributed by atoms with Crippen molar-refractivity contribution in [2.75, 3.05) is 12.4 Å². The fourth-order valence-electron chi connectivity index (χ4n) is 2.10. The smallest absolute Gasteiger partial charge is 0.237 e. The summed E-state index contributed by atoms with van der Waals surface area (Å²) in [6, 6.07) is 5.06. The largest absolute Gasteiger partial charge is 0.495 e. The van der Waals surface area contributed by atoms with Gasteiger partial charge in [-0.15, -0.1) is 0 Å². The van der Waals surface area contributed by atoms with Crippen LogP contribution < -0.4 is 15.8 Å². The molecule has 1 aromatic carbocycles. The summed E-state index contributed by atoms with van der Waals surface area (Å²) in [6.07, 6.45) is 2.38. The maximum absolute atomic E-state index is 12.3. The Kier molecular flexibility index (Phi) is 3.96. The van der Waals surface area contributed by atoms with E-state index in [1.54, 1.807) is 18.2 Å². The zero-order valence-electron chi connectivity index (χ0n) is 10.5. The van der Waals surface area contributed by atoms with Crippen LogP contribution in [0.15, 0.2) is 18.2 Å². The number of anilines is 1. The summed E-state index contributed by atoms with van der Waals surface area (Å²) in [5.74, 6) is 0.355. The number of benzene rings is 1. The molecule has 0 bridgehead atoms. The number of hydrogen-bond donors (Lipinski definition) is 2. The Morgan fingerprint density at radius 3 is 2.68 bits per heavy atom. The first kappa shape index (κ1) is 14.1. The van der Waals surface area contributed by atoms with Gasteiger partial charge >= 0.3 is 0 Å². The molecule has 0 unspecified atom stereocenters. The summed E-state index contributed by atoms with van der Waals surface area (Å²) in [5, 5.41) is 3.32. The van der Waals surface area contributed by atoms with E-state index in [9.17, 15) is 4.79 Å². The summed E-state index contributed by atoms with van der Waals surface area (Å²) < 4.78 is 5.11. The van der Waals surface area contributed by atoms with Crippen molar-refractivity contribution in [2.45, 2.75) is 19.3 Å². The molecule has 2 rings (SSSR count). The van der Waals surface area contributed by atoms with Crippen molar-refractivity contribution in [2.24, 2.45) is 11.1 Å². The lowest BCUT2D eigenvalue weighted by atomic mass is 9.68. The molecule has 1 amide bonds. The molecule has 19 heavy (non-hydrogen) atoms. The number of carbonyl (C=O) groups excluding carboxylic acids is 1. The number of thiocarbonyl (C=S) groups is 1. The molecule has 0 spiro atoms. The minimum absolute atomic E-state index is 0.157. The molecule has 0 aromatic heterocycles. The molecule has 0 radical (unpaired) electrons. The minimum atomic E-state index is -0.692. The van der Waals surface area contributed by atoms with Crippen molar-refractivity contribution in [1.29, 1.82) is 0 Å². The molecule has 6 heteroatoms. The highest BCUT2D eigenvalue weighted by atomic mass is 35.5. The van der Waals surface area contributed by atoms with Crippen LogP contribution >= 0.6 is 23.8 Å².